The molecule has 1 unspecified atom stereocenters. The number of rotatable bonds is 4. The minimum atomic E-state index is -0.568. The molecule has 0 bridgehead atoms. The molecule has 0 aliphatic rings. The van der Waals surface area contributed by atoms with E-state index in [-0.39, 0.29) is 11.2 Å². The monoisotopic (exact) mass is 259 g/mol. The molecule has 0 N–H and O–H groups in total. The lowest BCUT2D eigenvalue weighted by Crippen LogP contribution is -2.16. The predicted octanol–water partition coefficient (Wildman–Crippen LogP) is 3.73. The Morgan fingerprint density at radius 2 is 2.05 bits per heavy atom. The van der Waals surface area contributed by atoms with E-state index in [1.807, 2.05) is 13.0 Å². The van der Waals surface area contributed by atoms with Crippen LogP contribution in [0.2, 0.25) is 0 Å². The van der Waals surface area contributed by atoms with E-state index >= 15 is 0 Å². The molecular weight excluding hydrogens is 238 g/mol. The highest BCUT2D eigenvalue weighted by atomic mass is 16.5. The Kier molecular flexibility index (Phi) is 4.72. The van der Waals surface area contributed by atoms with Gasteiger partial charge in [-0.1, -0.05) is 27.7 Å². The molecule has 102 valence electrons. The molecule has 0 saturated heterocycles. The highest BCUT2D eigenvalue weighted by molar-refractivity contribution is 5.99. The van der Waals surface area contributed by atoms with E-state index < -0.39 is 5.92 Å². The average Bonchev–Trinajstić information content (AvgIpc) is 2.38. The molecule has 0 spiro atoms. The van der Waals surface area contributed by atoms with E-state index in [0.29, 0.717) is 12.0 Å². The fourth-order valence-electron chi connectivity index (χ4n) is 1.98. The van der Waals surface area contributed by atoms with Crippen LogP contribution in [0.25, 0.3) is 0 Å². The number of carbonyl (C=O) groups is 1. The quantitative estimate of drug-likeness (QED) is 0.774. The topological polar surface area (TPSA) is 50.1 Å². The Balaban J connectivity index is 3.27. The number of ether oxygens (including phenoxy) is 1. The van der Waals surface area contributed by atoms with Crippen LogP contribution >= 0.6 is 0 Å². The van der Waals surface area contributed by atoms with Crippen LogP contribution in [0.4, 0.5) is 0 Å². The Labute approximate surface area is 115 Å². The van der Waals surface area contributed by atoms with Gasteiger partial charge in [-0.25, -0.2) is 0 Å². The average molecular weight is 259 g/mol. The lowest BCUT2D eigenvalue weighted by atomic mass is 9.84. The number of ketones is 1. The Bertz CT molecular complexity index is 506. The third-order valence-corrected chi connectivity index (χ3v) is 3.17. The summed E-state index contributed by atoms with van der Waals surface area (Å²) in [5, 5.41) is 8.99. The smallest absolute Gasteiger partial charge is 0.179 e. The minimum Gasteiger partial charge on any atom is -0.496 e. The van der Waals surface area contributed by atoms with Gasteiger partial charge in [-0.15, -0.1) is 0 Å². The second kappa shape index (κ2) is 5.88. The molecule has 0 fully saturated rings. The molecule has 1 aromatic carbocycles. The number of Topliss-reactive ketones (excluding diaryl/α,β-unsaturated/α-hetero) is 1. The van der Waals surface area contributed by atoms with Gasteiger partial charge in [0.05, 0.1) is 13.2 Å². The largest absolute Gasteiger partial charge is 0.496 e. The van der Waals surface area contributed by atoms with E-state index in [2.05, 4.69) is 26.8 Å². The Morgan fingerprint density at radius 1 is 1.42 bits per heavy atom. The van der Waals surface area contributed by atoms with Crippen molar-refractivity contribution in [2.24, 2.45) is 5.92 Å². The van der Waals surface area contributed by atoms with Crippen LogP contribution in [0.5, 0.6) is 5.75 Å². The zero-order chi connectivity index (χ0) is 14.6. The van der Waals surface area contributed by atoms with Crippen molar-refractivity contribution in [1.82, 2.24) is 0 Å². The summed E-state index contributed by atoms with van der Waals surface area (Å²) in [6.07, 6.45) is 0.534. The molecule has 3 nitrogen and oxygen atoms in total. The summed E-state index contributed by atoms with van der Waals surface area (Å²) in [6.45, 7) is 8.06. The number of nitrogens with zero attached hydrogens (tertiary/aromatic N) is 1. The highest BCUT2D eigenvalue weighted by Gasteiger charge is 2.23. The van der Waals surface area contributed by atoms with Crippen LogP contribution in [0.3, 0.4) is 0 Å². The van der Waals surface area contributed by atoms with Crippen molar-refractivity contribution in [1.29, 1.82) is 5.26 Å². The first-order valence-electron chi connectivity index (χ1n) is 6.47. The first kappa shape index (κ1) is 15.2. The fraction of sp³-hybridized carbons (Fsp3) is 0.500. The van der Waals surface area contributed by atoms with Gasteiger partial charge in [-0.3, -0.25) is 4.79 Å². The maximum absolute atomic E-state index is 12.2. The molecule has 0 amide bonds. The van der Waals surface area contributed by atoms with Crippen LogP contribution in [0, 0.1) is 17.2 Å². The molecule has 1 aromatic rings. The lowest BCUT2D eigenvalue weighted by molar-refractivity contribution is 0.0946. The van der Waals surface area contributed by atoms with Crippen molar-refractivity contribution in [2.75, 3.05) is 7.11 Å². The Morgan fingerprint density at radius 3 is 2.47 bits per heavy atom. The molecule has 0 radical (unpaired) electrons. The molecule has 0 aliphatic carbocycles. The van der Waals surface area contributed by atoms with Gasteiger partial charge in [0, 0.05) is 11.1 Å². The van der Waals surface area contributed by atoms with Gasteiger partial charge >= 0.3 is 0 Å². The number of hydrogen-bond acceptors (Lipinski definition) is 3. The zero-order valence-corrected chi connectivity index (χ0v) is 12.3. The predicted molar refractivity (Wildman–Crippen MR) is 75.4 cm³/mol. The van der Waals surface area contributed by atoms with E-state index in [0.717, 1.165) is 11.3 Å². The number of methoxy groups -OCH3 is 1. The number of nitriles is 1. The summed E-state index contributed by atoms with van der Waals surface area (Å²) in [5.41, 5.74) is 1.45. The van der Waals surface area contributed by atoms with Crippen LogP contribution < -0.4 is 4.74 Å². The van der Waals surface area contributed by atoms with E-state index in [9.17, 15) is 4.79 Å². The van der Waals surface area contributed by atoms with Gasteiger partial charge in [-0.05, 0) is 30.0 Å². The summed E-state index contributed by atoms with van der Waals surface area (Å²) in [7, 11) is 1.62. The summed E-state index contributed by atoms with van der Waals surface area (Å²) >= 11 is 0. The fourth-order valence-corrected chi connectivity index (χ4v) is 1.98. The summed E-state index contributed by atoms with van der Waals surface area (Å²) in [4.78, 5) is 12.2. The van der Waals surface area contributed by atoms with Crippen molar-refractivity contribution in [3.05, 3.63) is 29.3 Å². The second-order valence-corrected chi connectivity index (χ2v) is 5.62. The van der Waals surface area contributed by atoms with Crippen LogP contribution in [-0.2, 0) is 5.41 Å². The number of hydrogen-bond donors (Lipinski definition) is 0. The summed E-state index contributed by atoms with van der Waals surface area (Å²) in [5.74, 6) is 0.0911. The maximum Gasteiger partial charge on any atom is 0.179 e. The highest BCUT2D eigenvalue weighted by Crippen LogP contribution is 2.32. The van der Waals surface area contributed by atoms with Crippen molar-refractivity contribution >= 4 is 5.78 Å². The molecule has 0 aliphatic heterocycles. The molecule has 0 aromatic heterocycles. The third-order valence-electron chi connectivity index (χ3n) is 3.17. The third kappa shape index (κ3) is 3.35. The Hall–Kier alpha value is -1.82. The van der Waals surface area contributed by atoms with Gasteiger partial charge in [0.1, 0.15) is 11.7 Å². The summed E-state index contributed by atoms with van der Waals surface area (Å²) < 4.78 is 5.34. The molecule has 0 heterocycles. The SMILES string of the molecule is CCC(C#N)C(=O)c1ccc(OC)c(C(C)(C)C)c1. The van der Waals surface area contributed by atoms with Crippen molar-refractivity contribution in [3.63, 3.8) is 0 Å². The lowest BCUT2D eigenvalue weighted by Gasteiger charge is -2.23. The standard InChI is InChI=1S/C16H21NO2/c1-6-11(10-17)15(18)12-7-8-14(19-5)13(9-12)16(2,3)4/h7-9,11H,6H2,1-5H3. The van der Waals surface area contributed by atoms with Crippen molar-refractivity contribution in [3.8, 4) is 11.8 Å². The van der Waals surface area contributed by atoms with E-state index in [4.69, 9.17) is 10.00 Å². The first-order valence-corrected chi connectivity index (χ1v) is 6.47. The second-order valence-electron chi connectivity index (χ2n) is 5.62. The van der Waals surface area contributed by atoms with Gasteiger partial charge in [0.2, 0.25) is 0 Å². The minimum absolute atomic E-state index is 0.113. The van der Waals surface area contributed by atoms with E-state index in [1.54, 1.807) is 19.2 Å². The van der Waals surface area contributed by atoms with Crippen LogP contribution in [0.1, 0.15) is 50.0 Å². The normalized spacial score (nSPS) is 12.6. The molecule has 19 heavy (non-hydrogen) atoms. The van der Waals surface area contributed by atoms with Crippen molar-refractivity contribution < 1.29 is 9.53 Å². The van der Waals surface area contributed by atoms with Gasteiger partial charge in [-0.2, -0.15) is 5.26 Å². The molecule has 1 rings (SSSR count). The van der Waals surface area contributed by atoms with Gasteiger partial charge in [0.15, 0.2) is 5.78 Å². The van der Waals surface area contributed by atoms with E-state index in [1.165, 1.54) is 0 Å². The number of carbonyl (C=O) groups excluding carboxylic acids is 1. The molecule has 3 heteroatoms. The first-order chi connectivity index (χ1) is 8.85. The molecule has 0 saturated carbocycles. The van der Waals surface area contributed by atoms with Crippen LogP contribution in [-0.4, -0.2) is 12.9 Å². The zero-order valence-electron chi connectivity index (χ0n) is 12.3. The molecule has 1 atom stereocenters. The molecular formula is C16H21NO2. The van der Waals surface area contributed by atoms with Crippen molar-refractivity contribution in [2.45, 2.75) is 39.5 Å². The van der Waals surface area contributed by atoms with Crippen LogP contribution in [0.15, 0.2) is 18.2 Å². The van der Waals surface area contributed by atoms with Gasteiger partial charge < -0.3 is 4.74 Å². The maximum atomic E-state index is 12.2. The number of benzene rings is 1. The van der Waals surface area contributed by atoms with Gasteiger partial charge in [0.25, 0.3) is 0 Å². The summed E-state index contributed by atoms with van der Waals surface area (Å²) in [6, 6.07) is 7.44.